The summed E-state index contributed by atoms with van der Waals surface area (Å²) in [5, 5.41) is 13.7. The van der Waals surface area contributed by atoms with Gasteiger partial charge in [-0.25, -0.2) is 0 Å². The molecule has 1 aliphatic rings. The fourth-order valence-electron chi connectivity index (χ4n) is 2.62. The largest absolute Gasteiger partial charge is 0.388 e. The number of carbonyl (C=O) groups excluding carboxylic acids is 1. The minimum Gasteiger partial charge on any atom is -0.388 e. The van der Waals surface area contributed by atoms with Crippen molar-refractivity contribution >= 4 is 17.5 Å². The third-order valence-electron chi connectivity index (χ3n) is 3.83. The van der Waals surface area contributed by atoms with Gasteiger partial charge in [0.25, 0.3) is 0 Å². The lowest BCUT2D eigenvalue weighted by Crippen LogP contribution is -2.43. The Kier molecular flexibility index (Phi) is 6.03. The maximum Gasteiger partial charge on any atom is 0.223 e. The van der Waals surface area contributed by atoms with Crippen molar-refractivity contribution in [2.75, 3.05) is 6.61 Å². The van der Waals surface area contributed by atoms with E-state index in [1.54, 1.807) is 24.3 Å². The maximum atomic E-state index is 12.1. The van der Waals surface area contributed by atoms with Crippen LogP contribution in [0.5, 0.6) is 0 Å². The number of halogens is 1. The second-order valence-electron chi connectivity index (χ2n) is 5.41. The fourth-order valence-corrected chi connectivity index (χ4v) is 2.75. The molecule has 21 heavy (non-hydrogen) atoms. The smallest absolute Gasteiger partial charge is 0.223 e. The molecule has 1 aromatic rings. The molecule has 0 bridgehead atoms. The first-order chi connectivity index (χ1) is 10.1. The number of ether oxygens (including phenoxy) is 1. The van der Waals surface area contributed by atoms with Crippen LogP contribution in [-0.4, -0.2) is 29.8 Å². The molecule has 0 aromatic heterocycles. The van der Waals surface area contributed by atoms with Gasteiger partial charge in [-0.3, -0.25) is 4.79 Å². The minimum atomic E-state index is -0.815. The molecule has 1 fully saturated rings. The molecule has 1 aromatic carbocycles. The normalized spacial score (nSPS) is 21.0. The second-order valence-corrected chi connectivity index (χ2v) is 5.84. The summed E-state index contributed by atoms with van der Waals surface area (Å²) in [6.45, 7) is 2.80. The quantitative estimate of drug-likeness (QED) is 0.849. The highest BCUT2D eigenvalue weighted by Gasteiger charge is 2.26. The van der Waals surface area contributed by atoms with E-state index in [9.17, 15) is 9.90 Å². The Hall–Kier alpha value is -1.10. The van der Waals surface area contributed by atoms with Crippen LogP contribution in [0, 0.1) is 0 Å². The van der Waals surface area contributed by atoms with Gasteiger partial charge in [0, 0.05) is 11.6 Å². The summed E-state index contributed by atoms with van der Waals surface area (Å²) in [5.41, 5.74) is 0.694. The molecule has 4 nitrogen and oxygen atoms in total. The molecular formula is C16H22ClNO3. The standard InChI is InChI=1S/C16H22ClNO3/c1-2-13(15-4-3-9-21-15)18-16(20)10-14(19)11-5-7-12(17)8-6-11/h5-8,13-15,19H,2-4,9-10H2,1H3,(H,18,20). The number of rotatable bonds is 6. The SMILES string of the molecule is CCC(NC(=O)CC(O)c1ccc(Cl)cc1)C1CCCO1. The van der Waals surface area contributed by atoms with Crippen LogP contribution >= 0.6 is 11.6 Å². The number of aliphatic hydroxyl groups excluding tert-OH is 1. The predicted octanol–water partition coefficient (Wildman–Crippen LogP) is 2.84. The van der Waals surface area contributed by atoms with Crippen molar-refractivity contribution in [3.05, 3.63) is 34.9 Å². The first-order valence-corrected chi connectivity index (χ1v) is 7.82. The highest BCUT2D eigenvalue weighted by molar-refractivity contribution is 6.30. The molecule has 2 rings (SSSR count). The number of aliphatic hydroxyl groups is 1. The lowest BCUT2D eigenvalue weighted by atomic mass is 10.0. The van der Waals surface area contributed by atoms with Crippen molar-refractivity contribution in [3.8, 4) is 0 Å². The lowest BCUT2D eigenvalue weighted by molar-refractivity contribution is -0.124. The van der Waals surface area contributed by atoms with Crippen LogP contribution in [0.2, 0.25) is 5.02 Å². The van der Waals surface area contributed by atoms with E-state index in [1.165, 1.54) is 0 Å². The highest BCUT2D eigenvalue weighted by Crippen LogP contribution is 2.21. The molecule has 1 saturated heterocycles. The maximum absolute atomic E-state index is 12.1. The Labute approximate surface area is 130 Å². The van der Waals surface area contributed by atoms with Crippen LogP contribution in [0.25, 0.3) is 0 Å². The van der Waals surface area contributed by atoms with E-state index in [2.05, 4.69) is 5.32 Å². The van der Waals surface area contributed by atoms with Gasteiger partial charge in [0.15, 0.2) is 0 Å². The number of benzene rings is 1. The van der Waals surface area contributed by atoms with Crippen molar-refractivity contribution in [2.24, 2.45) is 0 Å². The van der Waals surface area contributed by atoms with Crippen molar-refractivity contribution in [1.82, 2.24) is 5.32 Å². The lowest BCUT2D eigenvalue weighted by Gasteiger charge is -2.23. The molecule has 1 heterocycles. The third kappa shape index (κ3) is 4.70. The molecule has 0 radical (unpaired) electrons. The monoisotopic (exact) mass is 311 g/mol. The van der Waals surface area contributed by atoms with Crippen LogP contribution in [0.15, 0.2) is 24.3 Å². The Morgan fingerprint density at radius 2 is 2.19 bits per heavy atom. The van der Waals surface area contributed by atoms with Crippen molar-refractivity contribution in [3.63, 3.8) is 0 Å². The summed E-state index contributed by atoms with van der Waals surface area (Å²) in [5.74, 6) is -0.153. The van der Waals surface area contributed by atoms with Gasteiger partial charge in [-0.15, -0.1) is 0 Å². The molecule has 1 aliphatic heterocycles. The van der Waals surface area contributed by atoms with Crippen LogP contribution in [0.4, 0.5) is 0 Å². The van der Waals surface area contributed by atoms with Gasteiger partial charge in [0.1, 0.15) is 0 Å². The average molecular weight is 312 g/mol. The number of nitrogens with one attached hydrogen (secondary N) is 1. The number of carbonyl (C=O) groups is 1. The summed E-state index contributed by atoms with van der Waals surface area (Å²) in [6, 6.07) is 6.91. The molecule has 116 valence electrons. The Morgan fingerprint density at radius 1 is 1.48 bits per heavy atom. The molecule has 3 atom stereocenters. The number of amides is 1. The van der Waals surface area contributed by atoms with E-state index in [0.29, 0.717) is 10.6 Å². The van der Waals surface area contributed by atoms with Gasteiger partial charge >= 0.3 is 0 Å². The summed E-state index contributed by atoms with van der Waals surface area (Å²) in [4.78, 5) is 12.1. The zero-order valence-electron chi connectivity index (χ0n) is 12.2. The third-order valence-corrected chi connectivity index (χ3v) is 4.09. The van der Waals surface area contributed by atoms with E-state index >= 15 is 0 Å². The predicted molar refractivity (Wildman–Crippen MR) is 82.2 cm³/mol. The molecule has 5 heteroatoms. The Bertz CT molecular complexity index is 457. The van der Waals surface area contributed by atoms with E-state index in [1.807, 2.05) is 6.92 Å². The van der Waals surface area contributed by atoms with Crippen molar-refractivity contribution in [1.29, 1.82) is 0 Å². The van der Waals surface area contributed by atoms with Gasteiger partial charge in [0.2, 0.25) is 5.91 Å². The minimum absolute atomic E-state index is 0.0254. The van der Waals surface area contributed by atoms with Crippen LogP contribution < -0.4 is 5.32 Å². The Balaban J connectivity index is 1.86. The molecule has 0 saturated carbocycles. The van der Waals surface area contributed by atoms with Gasteiger partial charge in [-0.05, 0) is 37.0 Å². The zero-order chi connectivity index (χ0) is 15.2. The van der Waals surface area contributed by atoms with Crippen molar-refractivity contribution in [2.45, 2.75) is 50.9 Å². The van der Waals surface area contributed by atoms with Gasteiger partial charge in [0.05, 0.1) is 24.7 Å². The topological polar surface area (TPSA) is 58.6 Å². The van der Waals surface area contributed by atoms with Crippen LogP contribution in [0.1, 0.15) is 44.3 Å². The average Bonchev–Trinajstić information content (AvgIpc) is 2.99. The molecule has 0 aliphatic carbocycles. The molecule has 1 amide bonds. The molecule has 3 unspecified atom stereocenters. The highest BCUT2D eigenvalue weighted by atomic mass is 35.5. The molecule has 0 spiro atoms. The fraction of sp³-hybridized carbons (Fsp3) is 0.562. The Morgan fingerprint density at radius 3 is 2.76 bits per heavy atom. The van der Waals surface area contributed by atoms with Gasteiger partial charge in [-0.1, -0.05) is 30.7 Å². The van der Waals surface area contributed by atoms with E-state index in [0.717, 1.165) is 25.9 Å². The van der Waals surface area contributed by atoms with E-state index < -0.39 is 6.10 Å². The number of hydrogen-bond donors (Lipinski definition) is 2. The van der Waals surface area contributed by atoms with Crippen LogP contribution in [0.3, 0.4) is 0 Å². The summed E-state index contributed by atoms with van der Waals surface area (Å²) in [6.07, 6.45) is 2.19. The van der Waals surface area contributed by atoms with E-state index in [-0.39, 0.29) is 24.5 Å². The first kappa shape index (κ1) is 16.3. The summed E-state index contributed by atoms with van der Waals surface area (Å²) < 4.78 is 5.62. The molecular weight excluding hydrogens is 290 g/mol. The second kappa shape index (κ2) is 7.78. The van der Waals surface area contributed by atoms with Gasteiger partial charge in [-0.2, -0.15) is 0 Å². The van der Waals surface area contributed by atoms with Gasteiger partial charge < -0.3 is 15.2 Å². The first-order valence-electron chi connectivity index (χ1n) is 7.44. The van der Waals surface area contributed by atoms with Crippen molar-refractivity contribution < 1.29 is 14.6 Å². The van der Waals surface area contributed by atoms with Crippen LogP contribution in [-0.2, 0) is 9.53 Å². The van der Waals surface area contributed by atoms with E-state index in [4.69, 9.17) is 16.3 Å². The number of hydrogen-bond acceptors (Lipinski definition) is 3. The molecule has 2 N–H and O–H groups in total. The summed E-state index contributed by atoms with van der Waals surface area (Å²) in [7, 11) is 0. The summed E-state index contributed by atoms with van der Waals surface area (Å²) >= 11 is 5.81. The zero-order valence-corrected chi connectivity index (χ0v) is 13.0.